The van der Waals surface area contributed by atoms with Gasteiger partial charge in [0, 0.05) is 5.56 Å². The van der Waals surface area contributed by atoms with Crippen molar-refractivity contribution in [2.24, 2.45) is 21.7 Å². The number of alkyl halides is 3. The first-order chi connectivity index (χ1) is 7.82. The molecule has 1 aromatic rings. The predicted molar refractivity (Wildman–Crippen MR) is 59.5 cm³/mol. The highest BCUT2D eigenvalue weighted by Crippen LogP contribution is 2.32. The molecule has 1 rings (SSSR count). The maximum atomic E-state index is 12.7. The van der Waals surface area contributed by atoms with Crippen LogP contribution in [0.25, 0.3) is 0 Å². The summed E-state index contributed by atoms with van der Waals surface area (Å²) in [5.41, 5.74) is 9.35. The number of benzene rings is 1. The third kappa shape index (κ3) is 3.47. The number of hydrogen-bond donors (Lipinski definition) is 2. The molecule has 0 saturated carbocycles. The fourth-order valence-corrected chi connectivity index (χ4v) is 1.23. The number of guanidine groups is 1. The molecule has 0 bridgehead atoms. The van der Waals surface area contributed by atoms with Crippen LogP contribution in [0.3, 0.4) is 0 Å². The first kappa shape index (κ1) is 13.0. The molecule has 0 aliphatic rings. The van der Waals surface area contributed by atoms with Gasteiger partial charge in [-0.05, 0) is 13.0 Å². The first-order valence-electron chi connectivity index (χ1n) is 4.62. The maximum Gasteiger partial charge on any atom is 0.417 e. The third-order valence-electron chi connectivity index (χ3n) is 1.94. The van der Waals surface area contributed by atoms with Crippen molar-refractivity contribution in [2.75, 3.05) is 0 Å². The van der Waals surface area contributed by atoms with E-state index in [1.165, 1.54) is 25.1 Å². The average Bonchev–Trinajstić information content (AvgIpc) is 2.24. The van der Waals surface area contributed by atoms with E-state index in [9.17, 15) is 13.2 Å². The van der Waals surface area contributed by atoms with Crippen molar-refractivity contribution in [3.63, 3.8) is 0 Å². The normalized spacial score (nSPS) is 12.4. The zero-order valence-electron chi connectivity index (χ0n) is 8.99. The van der Waals surface area contributed by atoms with E-state index in [0.717, 1.165) is 6.07 Å². The van der Waals surface area contributed by atoms with Gasteiger partial charge in [0.1, 0.15) is 0 Å². The van der Waals surface area contributed by atoms with Crippen LogP contribution in [0.5, 0.6) is 0 Å². The topological polar surface area (TPSA) is 76.8 Å². The molecular weight excluding hydrogens is 233 g/mol. The van der Waals surface area contributed by atoms with Gasteiger partial charge in [-0.15, -0.1) is 5.10 Å². The molecule has 4 N–H and O–H groups in total. The van der Waals surface area contributed by atoms with Crippen LogP contribution in [0.2, 0.25) is 0 Å². The Morgan fingerprint density at radius 1 is 1.12 bits per heavy atom. The minimum Gasteiger partial charge on any atom is -0.369 e. The highest BCUT2D eigenvalue weighted by atomic mass is 19.4. The Morgan fingerprint density at radius 3 is 2.24 bits per heavy atom. The molecule has 0 atom stereocenters. The Morgan fingerprint density at radius 2 is 1.71 bits per heavy atom. The summed E-state index contributed by atoms with van der Waals surface area (Å²) in [5, 5.41) is 6.84. The second kappa shape index (κ2) is 4.86. The standard InChI is InChI=1S/C10H11F3N4/c1-6(16-17-9(14)15)7-4-2-3-5-8(7)10(11,12)13/h2-5H,1H3,(H4,14,15,17)/b16-6+. The summed E-state index contributed by atoms with van der Waals surface area (Å²) in [6.07, 6.45) is -4.44. The zero-order valence-corrected chi connectivity index (χ0v) is 8.99. The van der Waals surface area contributed by atoms with Gasteiger partial charge in [0.05, 0.1) is 11.3 Å². The maximum absolute atomic E-state index is 12.7. The summed E-state index contributed by atoms with van der Waals surface area (Å²) in [6, 6.07) is 5.08. The van der Waals surface area contributed by atoms with Gasteiger partial charge in [-0.3, -0.25) is 0 Å². The Labute approximate surface area is 95.8 Å². The number of hydrogen-bond acceptors (Lipinski definition) is 2. The Bertz CT molecular complexity index is 459. The molecule has 17 heavy (non-hydrogen) atoms. The van der Waals surface area contributed by atoms with Gasteiger partial charge in [0.15, 0.2) is 0 Å². The molecule has 0 radical (unpaired) electrons. The fraction of sp³-hybridized carbons (Fsp3) is 0.200. The minimum atomic E-state index is -4.44. The number of nitrogens with zero attached hydrogens (tertiary/aromatic N) is 2. The average molecular weight is 244 g/mol. The largest absolute Gasteiger partial charge is 0.417 e. The summed E-state index contributed by atoms with van der Waals surface area (Å²) in [5.74, 6) is -0.311. The van der Waals surface area contributed by atoms with Crippen LogP contribution in [-0.4, -0.2) is 11.7 Å². The first-order valence-corrected chi connectivity index (χ1v) is 4.62. The van der Waals surface area contributed by atoms with Gasteiger partial charge in [-0.1, -0.05) is 18.2 Å². The van der Waals surface area contributed by atoms with Gasteiger partial charge >= 0.3 is 6.18 Å². The molecule has 0 heterocycles. The molecule has 0 aromatic heterocycles. The van der Waals surface area contributed by atoms with E-state index in [1.807, 2.05) is 0 Å². The van der Waals surface area contributed by atoms with Crippen LogP contribution in [0.15, 0.2) is 34.5 Å². The van der Waals surface area contributed by atoms with Crippen LogP contribution in [0.1, 0.15) is 18.1 Å². The summed E-state index contributed by atoms with van der Waals surface area (Å²) >= 11 is 0. The van der Waals surface area contributed by atoms with Gasteiger partial charge in [-0.2, -0.15) is 18.3 Å². The lowest BCUT2D eigenvalue weighted by atomic mass is 10.0. The molecule has 0 aliphatic carbocycles. The second-order valence-electron chi connectivity index (χ2n) is 3.25. The van der Waals surface area contributed by atoms with E-state index in [1.54, 1.807) is 0 Å². The highest BCUT2D eigenvalue weighted by Gasteiger charge is 2.33. The quantitative estimate of drug-likeness (QED) is 0.472. The molecule has 7 heteroatoms. The molecule has 4 nitrogen and oxygen atoms in total. The number of halogens is 3. The van der Waals surface area contributed by atoms with Crippen LogP contribution < -0.4 is 11.5 Å². The SMILES string of the molecule is C/C(=N\N=C(N)N)c1ccccc1C(F)(F)F. The van der Waals surface area contributed by atoms with Crippen molar-refractivity contribution in [1.29, 1.82) is 0 Å². The van der Waals surface area contributed by atoms with Gasteiger partial charge in [0.25, 0.3) is 0 Å². The molecule has 0 spiro atoms. The van der Waals surface area contributed by atoms with Gasteiger partial charge < -0.3 is 11.5 Å². The molecule has 0 fully saturated rings. The molecule has 1 aromatic carbocycles. The summed E-state index contributed by atoms with van der Waals surface area (Å²) < 4.78 is 38.0. The summed E-state index contributed by atoms with van der Waals surface area (Å²) in [4.78, 5) is 0. The minimum absolute atomic E-state index is 0.0509. The van der Waals surface area contributed by atoms with Crippen molar-refractivity contribution in [2.45, 2.75) is 13.1 Å². The lowest BCUT2D eigenvalue weighted by molar-refractivity contribution is -0.137. The smallest absolute Gasteiger partial charge is 0.369 e. The fourth-order valence-electron chi connectivity index (χ4n) is 1.23. The van der Waals surface area contributed by atoms with E-state index in [-0.39, 0.29) is 17.2 Å². The monoisotopic (exact) mass is 244 g/mol. The number of rotatable bonds is 2. The lowest BCUT2D eigenvalue weighted by Crippen LogP contribution is -2.22. The molecule has 0 aliphatic heterocycles. The van der Waals surface area contributed by atoms with Crippen molar-refractivity contribution in [1.82, 2.24) is 0 Å². The van der Waals surface area contributed by atoms with Crippen LogP contribution in [0.4, 0.5) is 13.2 Å². The molecule has 0 saturated heterocycles. The highest BCUT2D eigenvalue weighted by molar-refractivity contribution is 6.00. The van der Waals surface area contributed by atoms with Crippen molar-refractivity contribution in [3.8, 4) is 0 Å². The van der Waals surface area contributed by atoms with Gasteiger partial charge in [0.2, 0.25) is 5.96 Å². The van der Waals surface area contributed by atoms with Crippen LogP contribution in [0, 0.1) is 0 Å². The third-order valence-corrected chi connectivity index (χ3v) is 1.94. The van der Waals surface area contributed by atoms with Crippen LogP contribution >= 0.6 is 0 Å². The van der Waals surface area contributed by atoms with E-state index >= 15 is 0 Å². The summed E-state index contributed by atoms with van der Waals surface area (Å²) in [6.45, 7) is 1.40. The van der Waals surface area contributed by atoms with Crippen molar-refractivity contribution < 1.29 is 13.2 Å². The second-order valence-corrected chi connectivity index (χ2v) is 3.25. The Balaban J connectivity index is 3.23. The molecular formula is C10H11F3N4. The van der Waals surface area contributed by atoms with Crippen molar-refractivity contribution >= 4 is 11.7 Å². The van der Waals surface area contributed by atoms with Crippen LogP contribution in [-0.2, 0) is 6.18 Å². The van der Waals surface area contributed by atoms with Gasteiger partial charge in [-0.25, -0.2) is 0 Å². The van der Waals surface area contributed by atoms with E-state index in [4.69, 9.17) is 11.5 Å². The zero-order chi connectivity index (χ0) is 13.1. The molecule has 92 valence electrons. The predicted octanol–water partition coefficient (Wildman–Crippen LogP) is 1.70. The summed E-state index contributed by atoms with van der Waals surface area (Å²) in [7, 11) is 0. The lowest BCUT2D eigenvalue weighted by Gasteiger charge is -2.11. The Kier molecular flexibility index (Phi) is 3.72. The van der Waals surface area contributed by atoms with E-state index in [0.29, 0.717) is 0 Å². The van der Waals surface area contributed by atoms with E-state index < -0.39 is 11.7 Å². The number of nitrogens with two attached hydrogens (primary N) is 2. The van der Waals surface area contributed by atoms with Crippen molar-refractivity contribution in [3.05, 3.63) is 35.4 Å². The Hall–Kier alpha value is -2.05. The van der Waals surface area contributed by atoms with E-state index in [2.05, 4.69) is 10.2 Å². The molecule has 0 unspecified atom stereocenters. The molecule has 0 amide bonds.